The van der Waals surface area contributed by atoms with Crippen molar-refractivity contribution in [1.82, 2.24) is 9.38 Å². The smallest absolute Gasteiger partial charge is 0.276 e. The Morgan fingerprint density at radius 2 is 1.76 bits per heavy atom. The average molecular weight is 280 g/mol. The maximum Gasteiger partial charge on any atom is 0.276 e. The van der Waals surface area contributed by atoms with Gasteiger partial charge in [-0.15, -0.1) is 0 Å². The third-order valence-corrected chi connectivity index (χ3v) is 5.99. The average Bonchev–Trinajstić information content (AvgIpc) is 2.62. The molecule has 2 atom stereocenters. The third-order valence-electron chi connectivity index (χ3n) is 5.99. The fourth-order valence-electron chi connectivity index (χ4n) is 5.40. The van der Waals surface area contributed by atoms with Gasteiger partial charge in [0.05, 0.1) is 0 Å². The molecule has 4 bridgehead atoms. The monoisotopic (exact) mass is 280 g/mol. The summed E-state index contributed by atoms with van der Waals surface area (Å²) in [6.45, 7) is 2.12. The van der Waals surface area contributed by atoms with Gasteiger partial charge in [-0.25, -0.2) is 0 Å². The van der Waals surface area contributed by atoms with Crippen molar-refractivity contribution in [2.45, 2.75) is 50.9 Å². The van der Waals surface area contributed by atoms with E-state index in [1.54, 1.807) is 0 Å². The van der Waals surface area contributed by atoms with Gasteiger partial charge in [0.2, 0.25) is 0 Å². The Kier molecular flexibility index (Phi) is 2.26. The lowest BCUT2D eigenvalue weighted by Gasteiger charge is -2.38. The molecule has 2 aromatic heterocycles. The molecule has 3 heteroatoms. The largest absolute Gasteiger partial charge is 0.304 e. The molecule has 0 amide bonds. The molecule has 0 radical (unpaired) electrons. The second-order valence-corrected chi connectivity index (χ2v) is 7.45. The molecule has 2 saturated carbocycles. The van der Waals surface area contributed by atoms with Crippen LogP contribution >= 0.6 is 0 Å². The predicted octanol–water partition coefficient (Wildman–Crippen LogP) is 3.39. The molecule has 2 aromatic rings. The zero-order valence-corrected chi connectivity index (χ0v) is 12.4. The van der Waals surface area contributed by atoms with Gasteiger partial charge in [-0.3, -0.25) is 4.79 Å². The summed E-state index contributed by atoms with van der Waals surface area (Å²) in [6, 6.07) is 4.04. The first kappa shape index (κ1) is 12.0. The van der Waals surface area contributed by atoms with Gasteiger partial charge in [-0.05, 0) is 68.4 Å². The molecule has 6 rings (SSSR count). The maximum absolute atomic E-state index is 12.7. The van der Waals surface area contributed by atoms with Crippen molar-refractivity contribution in [1.29, 1.82) is 0 Å². The molecule has 0 saturated heterocycles. The number of rotatable bonds is 0. The van der Waals surface area contributed by atoms with Gasteiger partial charge in [0.15, 0.2) is 0 Å². The van der Waals surface area contributed by atoms with Gasteiger partial charge in [-0.2, -0.15) is 4.98 Å². The van der Waals surface area contributed by atoms with E-state index in [4.69, 9.17) is 0 Å². The molecule has 0 aliphatic heterocycles. The molecule has 0 N–H and O–H groups in total. The van der Waals surface area contributed by atoms with Gasteiger partial charge in [0.25, 0.3) is 5.56 Å². The number of pyridine rings is 1. The van der Waals surface area contributed by atoms with Crippen LogP contribution in [0.1, 0.15) is 60.8 Å². The highest BCUT2D eigenvalue weighted by molar-refractivity contribution is 5.45. The van der Waals surface area contributed by atoms with Crippen molar-refractivity contribution in [3.8, 4) is 0 Å². The number of hydrogen-bond donors (Lipinski definition) is 0. The van der Waals surface area contributed by atoms with E-state index in [1.165, 1.54) is 43.4 Å². The predicted molar refractivity (Wildman–Crippen MR) is 81.7 cm³/mol. The molecular weight excluding hydrogens is 260 g/mol. The first-order valence-corrected chi connectivity index (χ1v) is 8.22. The lowest BCUT2D eigenvalue weighted by molar-refractivity contribution is 0.164. The molecular formula is C18H20N2O. The Bertz CT molecular complexity index is 793. The molecule has 4 aliphatic rings. The first-order chi connectivity index (χ1) is 10.2. The minimum absolute atomic E-state index is 0.0482. The minimum Gasteiger partial charge on any atom is -0.304 e. The van der Waals surface area contributed by atoms with Crippen LogP contribution < -0.4 is 5.56 Å². The van der Waals surface area contributed by atoms with Gasteiger partial charge < -0.3 is 4.40 Å². The summed E-state index contributed by atoms with van der Waals surface area (Å²) in [5.41, 5.74) is 4.48. The minimum atomic E-state index is 0.0482. The van der Waals surface area contributed by atoms with Gasteiger partial charge in [0.1, 0.15) is 5.65 Å². The van der Waals surface area contributed by atoms with E-state index in [1.807, 2.05) is 6.07 Å². The van der Waals surface area contributed by atoms with Crippen LogP contribution in [0, 0.1) is 18.8 Å². The zero-order valence-electron chi connectivity index (χ0n) is 12.4. The molecule has 2 unspecified atom stereocenters. The van der Waals surface area contributed by atoms with Crippen molar-refractivity contribution in [2.75, 3.05) is 0 Å². The van der Waals surface area contributed by atoms with E-state index in [9.17, 15) is 4.79 Å². The Labute approximate surface area is 124 Å². The normalized spacial score (nSPS) is 33.2. The van der Waals surface area contributed by atoms with Crippen LogP contribution in [-0.4, -0.2) is 9.38 Å². The van der Waals surface area contributed by atoms with E-state index >= 15 is 0 Å². The van der Waals surface area contributed by atoms with Gasteiger partial charge in [-0.1, -0.05) is 6.07 Å². The summed E-state index contributed by atoms with van der Waals surface area (Å²) in [4.78, 5) is 17.0. The van der Waals surface area contributed by atoms with E-state index < -0.39 is 0 Å². The van der Waals surface area contributed by atoms with Crippen LogP contribution in [0.3, 0.4) is 0 Å². The first-order valence-electron chi connectivity index (χ1n) is 8.22. The number of fused-ring (bicyclic) bond motifs is 1. The second-order valence-electron chi connectivity index (χ2n) is 7.45. The number of aromatic nitrogens is 2. The molecule has 4 aliphatic carbocycles. The van der Waals surface area contributed by atoms with Crippen LogP contribution in [-0.2, 0) is 0 Å². The Balaban J connectivity index is 1.89. The van der Waals surface area contributed by atoms with Gasteiger partial charge in [0, 0.05) is 23.4 Å². The van der Waals surface area contributed by atoms with Crippen LogP contribution in [0.15, 0.2) is 23.1 Å². The molecule has 0 aromatic carbocycles. The zero-order chi connectivity index (χ0) is 14.1. The van der Waals surface area contributed by atoms with Crippen LogP contribution in [0.4, 0.5) is 0 Å². The SMILES string of the molecule is Cc1ccc2nc(=O)c3c(n2c1)C1CC2CC(CC3C2)C1. The Morgan fingerprint density at radius 1 is 1.05 bits per heavy atom. The maximum atomic E-state index is 12.7. The highest BCUT2D eigenvalue weighted by atomic mass is 16.1. The molecule has 3 nitrogen and oxygen atoms in total. The van der Waals surface area contributed by atoms with E-state index in [0.717, 1.165) is 23.0 Å². The highest BCUT2D eigenvalue weighted by Crippen LogP contribution is 2.55. The summed E-state index contributed by atoms with van der Waals surface area (Å²) in [6.07, 6.45) is 8.56. The second kappa shape index (κ2) is 3.96. The summed E-state index contributed by atoms with van der Waals surface area (Å²) in [7, 11) is 0. The van der Waals surface area contributed by atoms with Crippen molar-refractivity contribution >= 4 is 5.65 Å². The van der Waals surface area contributed by atoms with Crippen LogP contribution in [0.5, 0.6) is 0 Å². The summed E-state index contributed by atoms with van der Waals surface area (Å²) in [5.74, 6) is 2.70. The summed E-state index contributed by atoms with van der Waals surface area (Å²) < 4.78 is 2.24. The Morgan fingerprint density at radius 3 is 2.52 bits per heavy atom. The lowest BCUT2D eigenvalue weighted by atomic mass is 9.67. The number of hydrogen-bond acceptors (Lipinski definition) is 2. The highest BCUT2D eigenvalue weighted by Gasteiger charge is 2.44. The fourth-order valence-corrected chi connectivity index (χ4v) is 5.40. The van der Waals surface area contributed by atoms with Crippen molar-refractivity contribution in [3.05, 3.63) is 45.5 Å². The molecule has 2 heterocycles. The summed E-state index contributed by atoms with van der Waals surface area (Å²) >= 11 is 0. The van der Waals surface area contributed by atoms with E-state index in [2.05, 4.69) is 28.6 Å². The van der Waals surface area contributed by atoms with Crippen LogP contribution in [0.25, 0.3) is 5.65 Å². The molecule has 21 heavy (non-hydrogen) atoms. The molecule has 108 valence electrons. The van der Waals surface area contributed by atoms with Crippen molar-refractivity contribution in [3.63, 3.8) is 0 Å². The lowest BCUT2D eigenvalue weighted by Crippen LogP contribution is -2.26. The topological polar surface area (TPSA) is 34.4 Å². The van der Waals surface area contributed by atoms with E-state index in [0.29, 0.717) is 11.8 Å². The standard InChI is InChI=1S/C18H20N2O/c1-10-2-3-15-19-18(21)16-13-5-11-4-12(6-13)8-14(7-11)17(16)20(15)9-10/h2-3,9,11-14H,4-8H2,1H3. The molecule has 0 spiro atoms. The fraction of sp³-hybridized carbons (Fsp3) is 0.556. The Hall–Kier alpha value is -1.64. The quantitative estimate of drug-likeness (QED) is 0.741. The van der Waals surface area contributed by atoms with Gasteiger partial charge >= 0.3 is 0 Å². The number of nitrogens with zero attached hydrogens (tertiary/aromatic N) is 2. The third kappa shape index (κ3) is 1.60. The van der Waals surface area contributed by atoms with Crippen LogP contribution in [0.2, 0.25) is 0 Å². The summed E-state index contributed by atoms with van der Waals surface area (Å²) in [5, 5.41) is 0. The van der Waals surface area contributed by atoms with E-state index in [-0.39, 0.29) is 5.56 Å². The van der Waals surface area contributed by atoms with Crippen molar-refractivity contribution < 1.29 is 0 Å². The van der Waals surface area contributed by atoms with Crippen molar-refractivity contribution in [2.24, 2.45) is 11.8 Å². The molecule has 2 fully saturated rings. The number of aryl methyl sites for hydroxylation is 1.